The molecule has 0 spiro atoms. The Bertz CT molecular complexity index is 776. The topological polar surface area (TPSA) is 69.6 Å². The van der Waals surface area contributed by atoms with Gasteiger partial charge in [-0.2, -0.15) is 0 Å². The van der Waals surface area contributed by atoms with Crippen LogP contribution < -0.4 is 10.2 Å². The summed E-state index contributed by atoms with van der Waals surface area (Å²) < 4.78 is 0. The van der Waals surface area contributed by atoms with Crippen molar-refractivity contribution in [3.8, 4) is 0 Å². The predicted octanol–water partition coefficient (Wildman–Crippen LogP) is 2.81. The average molecular weight is 352 g/mol. The third-order valence-corrected chi connectivity index (χ3v) is 4.89. The third-order valence-electron chi connectivity index (χ3n) is 4.89. The Balaban J connectivity index is 1.66. The highest BCUT2D eigenvalue weighted by atomic mass is 16.4. The molecule has 2 aromatic carbocycles. The van der Waals surface area contributed by atoms with Gasteiger partial charge in [0.05, 0.1) is 6.54 Å². The number of hydrogen-bond acceptors (Lipinski definition) is 3. The van der Waals surface area contributed by atoms with Gasteiger partial charge in [0, 0.05) is 18.7 Å². The zero-order chi connectivity index (χ0) is 18.5. The molecule has 2 atom stereocenters. The second kappa shape index (κ2) is 8.04. The van der Waals surface area contributed by atoms with E-state index in [4.69, 9.17) is 0 Å². The summed E-state index contributed by atoms with van der Waals surface area (Å²) in [7, 11) is 0. The van der Waals surface area contributed by atoms with Crippen molar-refractivity contribution in [1.29, 1.82) is 0 Å². The zero-order valence-electron chi connectivity index (χ0n) is 14.9. The summed E-state index contributed by atoms with van der Waals surface area (Å²) in [6.07, 6.45) is 1.26. The van der Waals surface area contributed by atoms with Gasteiger partial charge in [-0.3, -0.25) is 4.79 Å². The first-order valence-corrected chi connectivity index (χ1v) is 8.94. The average Bonchev–Trinajstić information content (AvgIpc) is 2.64. The van der Waals surface area contributed by atoms with E-state index in [0.29, 0.717) is 5.92 Å². The Hall–Kier alpha value is -2.82. The van der Waals surface area contributed by atoms with Crippen molar-refractivity contribution in [1.82, 2.24) is 5.32 Å². The van der Waals surface area contributed by atoms with E-state index in [1.807, 2.05) is 53.4 Å². The molecule has 26 heavy (non-hydrogen) atoms. The van der Waals surface area contributed by atoms with Crippen LogP contribution in [-0.4, -0.2) is 36.1 Å². The number of carboxylic acids is 1. The number of rotatable bonds is 6. The van der Waals surface area contributed by atoms with Gasteiger partial charge in [-0.05, 0) is 29.5 Å². The number of carbonyl (C=O) groups excluding carboxylic acids is 1. The van der Waals surface area contributed by atoms with Crippen molar-refractivity contribution in [2.75, 3.05) is 18.0 Å². The number of carboxylic acid groups (broad SMARTS) is 1. The lowest BCUT2D eigenvalue weighted by molar-refractivity contribution is -0.141. The molecule has 1 amide bonds. The maximum atomic E-state index is 12.5. The van der Waals surface area contributed by atoms with E-state index in [-0.39, 0.29) is 18.9 Å². The standard InChI is InChI=1S/C21H24N2O3/c1-15-11-12-23(19-10-6-5-9-17(15)19)14-20(24)22-18(21(25)26)13-16-7-3-2-4-8-16/h2-10,15,18H,11-14H2,1H3,(H,22,24)(H,25,26)/t15?,18-/m0/s1. The number of nitrogens with one attached hydrogen (secondary N) is 1. The van der Waals surface area contributed by atoms with Crippen molar-refractivity contribution in [3.63, 3.8) is 0 Å². The molecule has 1 aliphatic heterocycles. The highest BCUT2D eigenvalue weighted by molar-refractivity contribution is 5.87. The Morgan fingerprint density at radius 2 is 1.85 bits per heavy atom. The van der Waals surface area contributed by atoms with Crippen molar-refractivity contribution >= 4 is 17.6 Å². The summed E-state index contributed by atoms with van der Waals surface area (Å²) in [4.78, 5) is 26.1. The predicted molar refractivity (Wildman–Crippen MR) is 101 cm³/mol. The van der Waals surface area contributed by atoms with E-state index in [1.54, 1.807) is 0 Å². The van der Waals surface area contributed by atoms with Crippen LogP contribution in [0.5, 0.6) is 0 Å². The third kappa shape index (κ3) is 4.23. The number of carbonyl (C=O) groups is 2. The minimum absolute atomic E-state index is 0.169. The van der Waals surface area contributed by atoms with Crippen LogP contribution in [0.15, 0.2) is 54.6 Å². The molecule has 2 N–H and O–H groups in total. The van der Waals surface area contributed by atoms with Gasteiger partial charge in [-0.15, -0.1) is 0 Å². The largest absolute Gasteiger partial charge is 0.480 e. The van der Waals surface area contributed by atoms with Crippen LogP contribution in [0.4, 0.5) is 5.69 Å². The van der Waals surface area contributed by atoms with E-state index >= 15 is 0 Å². The number of anilines is 1. The Labute approximate surface area is 153 Å². The van der Waals surface area contributed by atoms with E-state index in [2.05, 4.69) is 18.3 Å². The molecule has 0 bridgehead atoms. The Morgan fingerprint density at radius 3 is 2.58 bits per heavy atom. The lowest BCUT2D eigenvalue weighted by Crippen LogP contribution is -2.47. The molecule has 0 saturated carbocycles. The summed E-state index contributed by atoms with van der Waals surface area (Å²) in [5.74, 6) is -0.817. The number of hydrogen-bond donors (Lipinski definition) is 2. The van der Waals surface area contributed by atoms with Gasteiger partial charge in [0.1, 0.15) is 6.04 Å². The van der Waals surface area contributed by atoms with E-state index in [9.17, 15) is 14.7 Å². The second-order valence-electron chi connectivity index (χ2n) is 6.82. The number of fused-ring (bicyclic) bond motifs is 1. The molecule has 136 valence electrons. The molecule has 0 saturated heterocycles. The first kappa shape index (κ1) is 18.0. The van der Waals surface area contributed by atoms with Crippen molar-refractivity contribution in [2.45, 2.75) is 31.7 Å². The smallest absolute Gasteiger partial charge is 0.326 e. The van der Waals surface area contributed by atoms with E-state index < -0.39 is 12.0 Å². The van der Waals surface area contributed by atoms with Crippen LogP contribution in [0.3, 0.4) is 0 Å². The van der Waals surface area contributed by atoms with Crippen LogP contribution in [-0.2, 0) is 16.0 Å². The molecule has 0 aromatic heterocycles. The first-order valence-electron chi connectivity index (χ1n) is 8.94. The molecule has 0 fully saturated rings. The fourth-order valence-corrected chi connectivity index (χ4v) is 3.45. The van der Waals surface area contributed by atoms with Gasteiger partial charge >= 0.3 is 5.97 Å². The maximum absolute atomic E-state index is 12.5. The van der Waals surface area contributed by atoms with Crippen LogP contribution in [0.2, 0.25) is 0 Å². The Kier molecular flexibility index (Phi) is 5.56. The maximum Gasteiger partial charge on any atom is 0.326 e. The minimum atomic E-state index is -1.02. The van der Waals surface area contributed by atoms with Crippen molar-refractivity contribution < 1.29 is 14.7 Å². The number of aliphatic carboxylic acids is 1. The van der Waals surface area contributed by atoms with Gasteiger partial charge in [-0.25, -0.2) is 4.79 Å². The molecule has 1 heterocycles. The summed E-state index contributed by atoms with van der Waals surface area (Å²) in [5.41, 5.74) is 3.19. The summed E-state index contributed by atoms with van der Waals surface area (Å²) in [5, 5.41) is 12.1. The number of nitrogens with zero attached hydrogens (tertiary/aromatic N) is 1. The molecule has 2 aromatic rings. The monoisotopic (exact) mass is 352 g/mol. The SMILES string of the molecule is CC1CCN(CC(=O)N[C@@H](Cc2ccccc2)C(=O)O)c2ccccc21. The molecule has 1 unspecified atom stereocenters. The molecule has 5 nitrogen and oxygen atoms in total. The van der Waals surface area contributed by atoms with Gasteiger partial charge in [-0.1, -0.05) is 55.5 Å². The van der Waals surface area contributed by atoms with Crippen LogP contribution in [0.25, 0.3) is 0 Å². The van der Waals surface area contributed by atoms with Crippen LogP contribution in [0, 0.1) is 0 Å². The highest BCUT2D eigenvalue weighted by Crippen LogP contribution is 2.34. The fraction of sp³-hybridized carbons (Fsp3) is 0.333. The minimum Gasteiger partial charge on any atom is -0.480 e. The molecule has 5 heteroatoms. The van der Waals surface area contributed by atoms with Gasteiger partial charge in [0.2, 0.25) is 5.91 Å². The number of para-hydroxylation sites is 1. The van der Waals surface area contributed by atoms with Gasteiger partial charge < -0.3 is 15.3 Å². The Morgan fingerprint density at radius 1 is 1.15 bits per heavy atom. The fourth-order valence-electron chi connectivity index (χ4n) is 3.45. The molecular weight excluding hydrogens is 328 g/mol. The summed E-state index contributed by atoms with van der Waals surface area (Å²) in [6.45, 7) is 3.15. The lowest BCUT2D eigenvalue weighted by atomic mass is 9.91. The van der Waals surface area contributed by atoms with Crippen LogP contribution in [0.1, 0.15) is 30.4 Å². The van der Waals surface area contributed by atoms with Gasteiger partial charge in [0.25, 0.3) is 0 Å². The van der Waals surface area contributed by atoms with E-state index in [1.165, 1.54) is 5.56 Å². The highest BCUT2D eigenvalue weighted by Gasteiger charge is 2.25. The van der Waals surface area contributed by atoms with Gasteiger partial charge in [0.15, 0.2) is 0 Å². The van der Waals surface area contributed by atoms with Crippen molar-refractivity contribution in [2.24, 2.45) is 0 Å². The molecular formula is C21H24N2O3. The van der Waals surface area contributed by atoms with Crippen molar-refractivity contribution in [3.05, 3.63) is 65.7 Å². The number of benzene rings is 2. The first-order chi connectivity index (χ1) is 12.5. The molecule has 3 rings (SSSR count). The summed E-state index contributed by atoms with van der Waals surface area (Å²) in [6, 6.07) is 16.5. The molecule has 0 aliphatic carbocycles. The number of amides is 1. The summed E-state index contributed by atoms with van der Waals surface area (Å²) >= 11 is 0. The normalized spacial score (nSPS) is 17.3. The zero-order valence-corrected chi connectivity index (χ0v) is 14.9. The molecule has 1 aliphatic rings. The van der Waals surface area contributed by atoms with Crippen LogP contribution >= 0.6 is 0 Å². The second-order valence-corrected chi connectivity index (χ2v) is 6.82. The van der Waals surface area contributed by atoms with E-state index in [0.717, 1.165) is 24.2 Å². The lowest BCUT2D eigenvalue weighted by Gasteiger charge is -2.34. The molecule has 0 radical (unpaired) electrons. The quantitative estimate of drug-likeness (QED) is 0.839.